The van der Waals surface area contributed by atoms with Gasteiger partial charge in [0.05, 0.1) is 6.10 Å². The van der Waals surface area contributed by atoms with Crippen LogP contribution in [0.3, 0.4) is 0 Å². The molecule has 1 N–H and O–H groups in total. The Hall–Kier alpha value is -1.42. The van der Waals surface area contributed by atoms with Crippen LogP contribution in [0.25, 0.3) is 0 Å². The van der Waals surface area contributed by atoms with Crippen molar-refractivity contribution >= 4 is 5.97 Å². The van der Waals surface area contributed by atoms with E-state index in [2.05, 4.69) is 0 Å². The number of carboxylic acid groups (broad SMARTS) is 1. The number of hydrogen-bond donors (Lipinski definition) is 1. The summed E-state index contributed by atoms with van der Waals surface area (Å²) in [5, 5.41) is 9.67. The zero-order valence-corrected chi connectivity index (χ0v) is 10.6. The minimum absolute atomic E-state index is 0.215. The fourth-order valence-corrected chi connectivity index (χ4v) is 3.16. The molecule has 1 heterocycles. The molecule has 0 aromatic heterocycles. The lowest BCUT2D eigenvalue weighted by atomic mass is 9.74. The number of benzene rings is 1. The summed E-state index contributed by atoms with van der Waals surface area (Å²) in [6.45, 7) is 0.489. The smallest absolute Gasteiger partial charge is 0.312 e. The van der Waals surface area contributed by atoms with Gasteiger partial charge in [0, 0.05) is 6.61 Å². The maximum Gasteiger partial charge on any atom is 0.312 e. The van der Waals surface area contributed by atoms with Crippen molar-refractivity contribution in [1.29, 1.82) is 0 Å². The molecule has 4 heteroatoms. The minimum atomic E-state index is -0.880. The molecule has 3 rings (SSSR count). The zero-order chi connectivity index (χ0) is 13.5. The molecule has 0 amide bonds. The monoisotopic (exact) mass is 264 g/mol. The molecule has 1 saturated heterocycles. The Balaban J connectivity index is 1.90. The number of ether oxygens (including phenoxy) is 1. The van der Waals surface area contributed by atoms with Gasteiger partial charge in [0.1, 0.15) is 11.2 Å². The second-order valence-corrected chi connectivity index (χ2v) is 5.65. The van der Waals surface area contributed by atoms with E-state index in [0.29, 0.717) is 25.4 Å². The third kappa shape index (κ3) is 2.25. The summed E-state index contributed by atoms with van der Waals surface area (Å²) in [6.07, 6.45) is 2.74. The van der Waals surface area contributed by atoms with Crippen LogP contribution in [0.4, 0.5) is 4.39 Å². The number of hydrogen-bond acceptors (Lipinski definition) is 2. The van der Waals surface area contributed by atoms with Gasteiger partial charge in [-0.05, 0) is 49.3 Å². The molecule has 2 fully saturated rings. The molecule has 102 valence electrons. The van der Waals surface area contributed by atoms with Crippen molar-refractivity contribution in [2.24, 2.45) is 11.3 Å². The molecule has 2 aliphatic rings. The number of carboxylic acids is 1. The third-order valence-electron chi connectivity index (χ3n) is 4.27. The lowest BCUT2D eigenvalue weighted by molar-refractivity contribution is -0.153. The van der Waals surface area contributed by atoms with Gasteiger partial charge < -0.3 is 9.84 Å². The summed E-state index contributed by atoms with van der Waals surface area (Å²) in [7, 11) is 0. The van der Waals surface area contributed by atoms with Crippen LogP contribution in [0.2, 0.25) is 0 Å². The van der Waals surface area contributed by atoms with Gasteiger partial charge in [0.15, 0.2) is 0 Å². The molecule has 2 unspecified atom stereocenters. The first-order valence-electron chi connectivity index (χ1n) is 6.71. The Labute approximate surface area is 111 Å². The van der Waals surface area contributed by atoms with E-state index in [-0.39, 0.29) is 11.9 Å². The second kappa shape index (κ2) is 4.60. The fraction of sp³-hybridized carbons (Fsp3) is 0.533. The highest BCUT2D eigenvalue weighted by molar-refractivity contribution is 5.76. The van der Waals surface area contributed by atoms with Gasteiger partial charge in [0.2, 0.25) is 0 Å². The molecule has 1 aliphatic heterocycles. The van der Waals surface area contributed by atoms with Gasteiger partial charge in [-0.2, -0.15) is 0 Å². The largest absolute Gasteiger partial charge is 0.481 e. The van der Waals surface area contributed by atoms with Crippen LogP contribution in [0.5, 0.6) is 0 Å². The van der Waals surface area contributed by atoms with Crippen LogP contribution < -0.4 is 0 Å². The molecule has 2 atom stereocenters. The zero-order valence-electron chi connectivity index (χ0n) is 10.6. The maximum atomic E-state index is 13.3. The predicted octanol–water partition coefficient (Wildman–Crippen LogP) is 2.64. The van der Waals surface area contributed by atoms with Crippen molar-refractivity contribution in [2.75, 3.05) is 6.61 Å². The topological polar surface area (TPSA) is 46.5 Å². The minimum Gasteiger partial charge on any atom is -0.481 e. The highest BCUT2D eigenvalue weighted by atomic mass is 19.1. The first kappa shape index (κ1) is 12.6. The summed E-state index contributed by atoms with van der Waals surface area (Å²) in [5.74, 6) is -0.766. The molecule has 0 radical (unpaired) electrons. The molecule has 0 spiro atoms. The average Bonchev–Trinajstić information content (AvgIpc) is 3.11. The molecule has 1 aliphatic carbocycles. The van der Waals surface area contributed by atoms with Crippen LogP contribution >= 0.6 is 0 Å². The van der Waals surface area contributed by atoms with Gasteiger partial charge in [-0.1, -0.05) is 12.1 Å². The predicted molar refractivity (Wildman–Crippen MR) is 67.3 cm³/mol. The molecule has 1 saturated carbocycles. The standard InChI is InChI=1S/C15H17FO3/c16-12-3-1-2-10(8-12)9-15(14(17)18)6-7-19-13(15)11-4-5-11/h1-3,8,11,13H,4-7,9H2,(H,17,18). The Kier molecular flexibility index (Phi) is 3.05. The molecule has 1 aromatic rings. The number of rotatable bonds is 4. The normalized spacial score (nSPS) is 30.5. The van der Waals surface area contributed by atoms with E-state index in [1.807, 2.05) is 0 Å². The molecule has 1 aromatic carbocycles. The lowest BCUT2D eigenvalue weighted by Gasteiger charge is -2.30. The average molecular weight is 264 g/mol. The molecule has 3 nitrogen and oxygen atoms in total. The fourth-order valence-electron chi connectivity index (χ4n) is 3.16. The Bertz CT molecular complexity index is 498. The quantitative estimate of drug-likeness (QED) is 0.909. The van der Waals surface area contributed by atoms with Crippen molar-refractivity contribution in [3.63, 3.8) is 0 Å². The van der Waals surface area contributed by atoms with Gasteiger partial charge in [-0.3, -0.25) is 4.79 Å². The van der Waals surface area contributed by atoms with Crippen molar-refractivity contribution < 1.29 is 19.0 Å². The van der Waals surface area contributed by atoms with Crippen LogP contribution in [0.1, 0.15) is 24.8 Å². The molecule has 19 heavy (non-hydrogen) atoms. The molecular formula is C15H17FO3. The first-order chi connectivity index (χ1) is 9.12. The lowest BCUT2D eigenvalue weighted by Crippen LogP contribution is -2.42. The summed E-state index contributed by atoms with van der Waals surface area (Å²) < 4.78 is 18.9. The van der Waals surface area contributed by atoms with Crippen molar-refractivity contribution in [3.05, 3.63) is 35.6 Å². The highest BCUT2D eigenvalue weighted by Crippen LogP contribution is 2.49. The third-order valence-corrected chi connectivity index (χ3v) is 4.27. The maximum absolute atomic E-state index is 13.3. The number of carbonyl (C=O) groups is 1. The summed E-state index contributed by atoms with van der Waals surface area (Å²) in [6, 6.07) is 6.21. The van der Waals surface area contributed by atoms with E-state index >= 15 is 0 Å². The van der Waals surface area contributed by atoms with E-state index in [1.54, 1.807) is 12.1 Å². The highest BCUT2D eigenvalue weighted by Gasteiger charge is 2.55. The van der Waals surface area contributed by atoms with E-state index in [9.17, 15) is 14.3 Å². The summed E-state index contributed by atoms with van der Waals surface area (Å²) in [4.78, 5) is 11.8. The van der Waals surface area contributed by atoms with Gasteiger partial charge >= 0.3 is 5.97 Å². The van der Waals surface area contributed by atoms with Crippen molar-refractivity contribution in [2.45, 2.75) is 31.8 Å². The Morgan fingerprint density at radius 2 is 2.26 bits per heavy atom. The van der Waals surface area contributed by atoms with Crippen LogP contribution in [0.15, 0.2) is 24.3 Å². The van der Waals surface area contributed by atoms with E-state index < -0.39 is 11.4 Å². The van der Waals surface area contributed by atoms with E-state index in [1.165, 1.54) is 12.1 Å². The van der Waals surface area contributed by atoms with Crippen LogP contribution in [-0.4, -0.2) is 23.8 Å². The van der Waals surface area contributed by atoms with Gasteiger partial charge in [-0.25, -0.2) is 4.39 Å². The van der Waals surface area contributed by atoms with Crippen LogP contribution in [-0.2, 0) is 16.0 Å². The van der Waals surface area contributed by atoms with Crippen LogP contribution in [0, 0.1) is 17.2 Å². The Morgan fingerprint density at radius 3 is 2.89 bits per heavy atom. The SMILES string of the molecule is O=C(O)C1(Cc2cccc(F)c2)CCOC1C1CC1. The first-order valence-corrected chi connectivity index (χ1v) is 6.71. The van der Waals surface area contributed by atoms with Gasteiger partial charge in [0.25, 0.3) is 0 Å². The number of halogens is 1. The molecule has 0 bridgehead atoms. The van der Waals surface area contributed by atoms with Crippen molar-refractivity contribution in [1.82, 2.24) is 0 Å². The summed E-state index contributed by atoms with van der Waals surface area (Å²) in [5.41, 5.74) is -0.145. The summed E-state index contributed by atoms with van der Waals surface area (Å²) >= 11 is 0. The Morgan fingerprint density at radius 1 is 1.47 bits per heavy atom. The van der Waals surface area contributed by atoms with E-state index in [4.69, 9.17) is 4.74 Å². The van der Waals surface area contributed by atoms with Crippen molar-refractivity contribution in [3.8, 4) is 0 Å². The molecular weight excluding hydrogens is 247 g/mol. The second-order valence-electron chi connectivity index (χ2n) is 5.65. The van der Waals surface area contributed by atoms with Gasteiger partial charge in [-0.15, -0.1) is 0 Å². The number of aliphatic carboxylic acids is 1. The van der Waals surface area contributed by atoms with E-state index in [0.717, 1.165) is 18.4 Å².